The number of halogens is 2. The van der Waals surface area contributed by atoms with Crippen LogP contribution in [-0.2, 0) is 15.9 Å². The van der Waals surface area contributed by atoms with Gasteiger partial charge < -0.3 is 0 Å². The molecule has 0 radical (unpaired) electrons. The number of sulfonamides is 1. The van der Waals surface area contributed by atoms with E-state index < -0.39 is 15.8 Å². The van der Waals surface area contributed by atoms with E-state index in [0.717, 1.165) is 25.7 Å². The van der Waals surface area contributed by atoms with Crippen LogP contribution in [0.1, 0.15) is 38.2 Å². The fourth-order valence-electron chi connectivity index (χ4n) is 3.01. The molecule has 2 rings (SSSR count). The zero-order chi connectivity index (χ0) is 15.6. The maximum atomic E-state index is 14.1. The van der Waals surface area contributed by atoms with E-state index in [9.17, 15) is 12.8 Å². The van der Waals surface area contributed by atoms with E-state index in [1.54, 1.807) is 13.1 Å². The molecule has 1 fully saturated rings. The van der Waals surface area contributed by atoms with Crippen molar-refractivity contribution in [3.05, 3.63) is 29.6 Å². The summed E-state index contributed by atoms with van der Waals surface area (Å²) in [6, 6.07) is 4.00. The van der Waals surface area contributed by atoms with Crippen LogP contribution in [0.4, 0.5) is 4.39 Å². The van der Waals surface area contributed by atoms with Crippen LogP contribution in [0.5, 0.6) is 0 Å². The molecule has 0 aromatic heterocycles. The Morgan fingerprint density at radius 2 is 2.00 bits per heavy atom. The van der Waals surface area contributed by atoms with Gasteiger partial charge in [-0.05, 0) is 36.5 Å². The molecule has 2 atom stereocenters. The summed E-state index contributed by atoms with van der Waals surface area (Å²) < 4.78 is 40.7. The molecule has 0 spiro atoms. The SMILES string of the molecule is CC1CCCCC1N(C)S(=O)(=O)c1ccc(CCl)cc1F. The average molecular weight is 334 g/mol. The van der Waals surface area contributed by atoms with Crippen molar-refractivity contribution in [1.29, 1.82) is 0 Å². The molecule has 1 aliphatic carbocycles. The predicted octanol–water partition coefficient (Wildman–Crippen LogP) is 3.76. The van der Waals surface area contributed by atoms with Crippen molar-refractivity contribution in [3.8, 4) is 0 Å². The van der Waals surface area contributed by atoms with E-state index in [4.69, 9.17) is 11.6 Å². The van der Waals surface area contributed by atoms with Crippen LogP contribution < -0.4 is 0 Å². The van der Waals surface area contributed by atoms with Crippen molar-refractivity contribution in [3.63, 3.8) is 0 Å². The molecule has 0 aliphatic heterocycles. The lowest BCUT2D eigenvalue weighted by atomic mass is 9.86. The van der Waals surface area contributed by atoms with Crippen LogP contribution in [-0.4, -0.2) is 25.8 Å². The molecular formula is C15H21ClFNO2S. The quantitative estimate of drug-likeness (QED) is 0.787. The molecule has 118 valence electrons. The predicted molar refractivity (Wildman–Crippen MR) is 82.3 cm³/mol. The van der Waals surface area contributed by atoms with Crippen LogP contribution in [0, 0.1) is 11.7 Å². The number of benzene rings is 1. The number of alkyl halides is 1. The standard InChI is InChI=1S/C15H21ClFNO2S/c1-11-5-3-4-6-14(11)18(2)21(19,20)15-8-7-12(10-16)9-13(15)17/h7-9,11,14H,3-6,10H2,1-2H3. The number of hydrogen-bond acceptors (Lipinski definition) is 2. The number of rotatable bonds is 4. The number of nitrogens with zero attached hydrogens (tertiary/aromatic N) is 1. The Balaban J connectivity index is 2.32. The smallest absolute Gasteiger partial charge is 0.207 e. The lowest BCUT2D eigenvalue weighted by molar-refractivity contribution is 0.213. The van der Waals surface area contributed by atoms with Gasteiger partial charge in [-0.15, -0.1) is 11.6 Å². The highest BCUT2D eigenvalue weighted by Crippen LogP contribution is 2.31. The van der Waals surface area contributed by atoms with Crippen molar-refractivity contribution < 1.29 is 12.8 Å². The van der Waals surface area contributed by atoms with Crippen LogP contribution in [0.25, 0.3) is 0 Å². The van der Waals surface area contributed by atoms with E-state index >= 15 is 0 Å². The largest absolute Gasteiger partial charge is 0.245 e. The van der Waals surface area contributed by atoms with Gasteiger partial charge in [-0.1, -0.05) is 25.8 Å². The van der Waals surface area contributed by atoms with Gasteiger partial charge in [0, 0.05) is 19.0 Å². The third-order valence-corrected chi connectivity index (χ3v) is 6.57. The second-order valence-electron chi connectivity index (χ2n) is 5.75. The minimum Gasteiger partial charge on any atom is -0.207 e. The second kappa shape index (κ2) is 6.63. The average Bonchev–Trinajstić information content (AvgIpc) is 2.46. The Hall–Kier alpha value is -0.650. The van der Waals surface area contributed by atoms with Crippen molar-refractivity contribution in [2.45, 2.75) is 49.4 Å². The maximum Gasteiger partial charge on any atom is 0.245 e. The zero-order valence-electron chi connectivity index (χ0n) is 12.4. The van der Waals surface area contributed by atoms with Gasteiger partial charge in [-0.25, -0.2) is 12.8 Å². The summed E-state index contributed by atoms with van der Waals surface area (Å²) in [5.41, 5.74) is 0.571. The van der Waals surface area contributed by atoms with E-state index in [-0.39, 0.29) is 16.8 Å². The van der Waals surface area contributed by atoms with Gasteiger partial charge in [0.1, 0.15) is 10.7 Å². The Morgan fingerprint density at radius 3 is 2.57 bits per heavy atom. The lowest BCUT2D eigenvalue weighted by Crippen LogP contribution is -2.42. The van der Waals surface area contributed by atoms with Gasteiger partial charge in [0.05, 0.1) is 0 Å². The molecular weight excluding hydrogens is 313 g/mol. The van der Waals surface area contributed by atoms with E-state index in [1.165, 1.54) is 16.4 Å². The molecule has 2 unspecified atom stereocenters. The minimum atomic E-state index is -3.81. The van der Waals surface area contributed by atoms with Crippen molar-refractivity contribution in [2.24, 2.45) is 5.92 Å². The Morgan fingerprint density at radius 1 is 1.33 bits per heavy atom. The summed E-state index contributed by atoms with van der Waals surface area (Å²) >= 11 is 5.64. The first-order chi connectivity index (χ1) is 9.87. The molecule has 3 nitrogen and oxygen atoms in total. The van der Waals surface area contributed by atoms with Crippen molar-refractivity contribution >= 4 is 21.6 Å². The van der Waals surface area contributed by atoms with Gasteiger partial charge in [-0.2, -0.15) is 4.31 Å². The van der Waals surface area contributed by atoms with Crippen LogP contribution in [0.3, 0.4) is 0 Å². The molecule has 0 amide bonds. The highest BCUT2D eigenvalue weighted by Gasteiger charge is 2.34. The fourth-order valence-corrected chi connectivity index (χ4v) is 4.70. The summed E-state index contributed by atoms with van der Waals surface area (Å²) in [4.78, 5) is -0.267. The highest BCUT2D eigenvalue weighted by molar-refractivity contribution is 7.89. The van der Waals surface area contributed by atoms with Gasteiger partial charge in [0.15, 0.2) is 0 Å². The summed E-state index contributed by atoms with van der Waals surface area (Å²) in [6.07, 6.45) is 3.99. The maximum absolute atomic E-state index is 14.1. The molecule has 6 heteroatoms. The van der Waals surface area contributed by atoms with Crippen LogP contribution in [0.2, 0.25) is 0 Å². The third kappa shape index (κ3) is 3.41. The molecule has 0 N–H and O–H groups in total. The summed E-state index contributed by atoms with van der Waals surface area (Å²) in [5.74, 6) is -0.278. The fraction of sp³-hybridized carbons (Fsp3) is 0.600. The van der Waals surface area contributed by atoms with E-state index in [2.05, 4.69) is 6.92 Å². The van der Waals surface area contributed by atoms with E-state index in [1.807, 2.05) is 0 Å². The summed E-state index contributed by atoms with van der Waals surface area (Å²) in [6.45, 7) is 2.06. The van der Waals surface area contributed by atoms with Crippen LogP contribution >= 0.6 is 11.6 Å². The molecule has 0 heterocycles. The van der Waals surface area contributed by atoms with Gasteiger partial charge in [-0.3, -0.25) is 0 Å². The molecule has 1 saturated carbocycles. The summed E-state index contributed by atoms with van der Waals surface area (Å²) in [5, 5.41) is 0. The van der Waals surface area contributed by atoms with Crippen molar-refractivity contribution in [1.82, 2.24) is 4.31 Å². The highest BCUT2D eigenvalue weighted by atomic mass is 35.5. The van der Waals surface area contributed by atoms with E-state index in [0.29, 0.717) is 11.5 Å². The second-order valence-corrected chi connectivity index (χ2v) is 7.98. The monoisotopic (exact) mass is 333 g/mol. The minimum absolute atomic E-state index is 0.0594. The first kappa shape index (κ1) is 16.7. The zero-order valence-corrected chi connectivity index (χ0v) is 13.9. The van der Waals surface area contributed by atoms with Gasteiger partial charge >= 0.3 is 0 Å². The Labute approximate surface area is 131 Å². The third-order valence-electron chi connectivity index (χ3n) is 4.34. The van der Waals surface area contributed by atoms with Crippen molar-refractivity contribution in [2.75, 3.05) is 7.05 Å². The Kier molecular flexibility index (Phi) is 5.28. The normalized spacial score (nSPS) is 23.5. The van der Waals surface area contributed by atoms with Gasteiger partial charge in [0.25, 0.3) is 0 Å². The molecule has 1 aromatic rings. The number of hydrogen-bond donors (Lipinski definition) is 0. The van der Waals surface area contributed by atoms with Gasteiger partial charge in [0.2, 0.25) is 10.0 Å². The molecule has 0 saturated heterocycles. The Bertz CT molecular complexity index is 606. The molecule has 1 aromatic carbocycles. The molecule has 0 bridgehead atoms. The molecule has 21 heavy (non-hydrogen) atoms. The first-order valence-corrected chi connectivity index (χ1v) is 9.18. The first-order valence-electron chi connectivity index (χ1n) is 7.20. The summed E-state index contributed by atoms with van der Waals surface area (Å²) in [7, 11) is -2.26. The topological polar surface area (TPSA) is 37.4 Å². The van der Waals surface area contributed by atoms with Crippen LogP contribution in [0.15, 0.2) is 23.1 Å². The molecule has 1 aliphatic rings. The lowest BCUT2D eigenvalue weighted by Gasteiger charge is -2.35.